The first-order valence-corrected chi connectivity index (χ1v) is 11.7. The monoisotopic (exact) mass is 447 g/mol. The third kappa shape index (κ3) is 4.14. The molecule has 5 rings (SSSR count). The first-order valence-electron chi connectivity index (χ1n) is 10.9. The maximum absolute atomic E-state index is 6.33. The minimum absolute atomic E-state index is 0.489. The molecular formula is C29H25N3S. The lowest BCUT2D eigenvalue weighted by Gasteiger charge is -2.10. The van der Waals surface area contributed by atoms with Gasteiger partial charge in [0.2, 0.25) is 0 Å². The summed E-state index contributed by atoms with van der Waals surface area (Å²) >= 11 is 1.82. The Morgan fingerprint density at radius 1 is 0.667 bits per heavy atom. The van der Waals surface area contributed by atoms with Gasteiger partial charge in [-0.15, -0.1) is 11.3 Å². The normalized spacial score (nSPS) is 12.5. The van der Waals surface area contributed by atoms with Crippen molar-refractivity contribution < 1.29 is 0 Å². The molecule has 1 aromatic heterocycles. The Labute approximate surface area is 197 Å². The Morgan fingerprint density at radius 2 is 1.30 bits per heavy atom. The van der Waals surface area contributed by atoms with Crippen LogP contribution in [0.5, 0.6) is 0 Å². The molecule has 0 aliphatic carbocycles. The van der Waals surface area contributed by atoms with Gasteiger partial charge in [0.25, 0.3) is 0 Å². The molecule has 162 valence electrons. The molecule has 0 radical (unpaired) electrons. The fraction of sp³-hybridized carbons (Fsp3) is 0.0345. The van der Waals surface area contributed by atoms with E-state index >= 15 is 0 Å². The molecule has 0 saturated carbocycles. The molecule has 5 aromatic rings. The molecule has 3 nitrogen and oxygen atoms in total. The van der Waals surface area contributed by atoms with Gasteiger partial charge in [-0.3, -0.25) is 0 Å². The summed E-state index contributed by atoms with van der Waals surface area (Å²) < 4.78 is 2.57. The number of allylic oxidation sites excluding steroid dienone is 2. The highest BCUT2D eigenvalue weighted by Crippen LogP contribution is 2.38. The summed E-state index contributed by atoms with van der Waals surface area (Å²) in [6, 6.07) is 31.2. The van der Waals surface area contributed by atoms with Crippen molar-refractivity contribution in [1.29, 1.82) is 0 Å². The second-order valence-electron chi connectivity index (χ2n) is 8.00. The molecule has 0 amide bonds. The molecule has 1 heterocycles. The number of hydrogen-bond acceptors (Lipinski definition) is 4. The van der Waals surface area contributed by atoms with Gasteiger partial charge in [-0.05, 0) is 58.2 Å². The van der Waals surface area contributed by atoms with E-state index in [-0.39, 0.29) is 0 Å². The molecule has 4 heteroatoms. The highest BCUT2D eigenvalue weighted by Gasteiger charge is 2.11. The Bertz CT molecular complexity index is 1490. The van der Waals surface area contributed by atoms with Crippen LogP contribution >= 0.6 is 11.3 Å². The van der Waals surface area contributed by atoms with Crippen LogP contribution in [0.25, 0.3) is 42.7 Å². The van der Waals surface area contributed by atoms with Crippen molar-refractivity contribution in [3.05, 3.63) is 120 Å². The zero-order valence-corrected chi connectivity index (χ0v) is 19.0. The van der Waals surface area contributed by atoms with Gasteiger partial charge < -0.3 is 17.2 Å². The molecule has 0 atom stereocenters. The van der Waals surface area contributed by atoms with Gasteiger partial charge in [-0.2, -0.15) is 0 Å². The number of rotatable bonds is 5. The summed E-state index contributed by atoms with van der Waals surface area (Å²) in [4.78, 5) is 0. The van der Waals surface area contributed by atoms with E-state index in [1.165, 1.54) is 25.7 Å². The molecule has 0 fully saturated rings. The predicted molar refractivity (Wildman–Crippen MR) is 143 cm³/mol. The zero-order valence-electron chi connectivity index (χ0n) is 18.2. The van der Waals surface area contributed by atoms with Crippen molar-refractivity contribution in [2.45, 2.75) is 6.54 Å². The Balaban J connectivity index is 1.47. The summed E-state index contributed by atoms with van der Waals surface area (Å²) in [6.45, 7) is 0.489. The fourth-order valence-electron chi connectivity index (χ4n) is 4.10. The molecule has 0 bridgehead atoms. The lowest BCUT2D eigenvalue weighted by atomic mass is 9.96. The minimum atomic E-state index is 0.489. The average Bonchev–Trinajstić information content (AvgIpc) is 3.24. The smallest absolute Gasteiger partial charge is 0.0388 e. The van der Waals surface area contributed by atoms with E-state index in [1.807, 2.05) is 66.0 Å². The highest BCUT2D eigenvalue weighted by molar-refractivity contribution is 7.25. The third-order valence-electron chi connectivity index (χ3n) is 5.90. The van der Waals surface area contributed by atoms with Gasteiger partial charge in [0.1, 0.15) is 0 Å². The van der Waals surface area contributed by atoms with Gasteiger partial charge in [0.05, 0.1) is 0 Å². The quantitative estimate of drug-likeness (QED) is 0.270. The van der Waals surface area contributed by atoms with E-state index in [9.17, 15) is 0 Å². The standard InChI is InChI=1S/C29H25N3S/c30-18-22-16-25-23-8-4-5-9-28(23)33-29(25)17-24(22)19-10-12-21(13-11-19)27(32)15-14-26(31)20-6-2-1-3-7-20/h1-17H,18,30-32H2/b26-14-,27-15-. The van der Waals surface area contributed by atoms with Crippen LogP contribution in [0.1, 0.15) is 16.7 Å². The number of hydrogen-bond donors (Lipinski definition) is 3. The summed E-state index contributed by atoms with van der Waals surface area (Å²) in [7, 11) is 0. The highest BCUT2D eigenvalue weighted by atomic mass is 32.1. The van der Waals surface area contributed by atoms with E-state index in [0.717, 1.165) is 22.3 Å². The van der Waals surface area contributed by atoms with Crippen LogP contribution in [0, 0.1) is 0 Å². The Morgan fingerprint density at radius 3 is 2.00 bits per heavy atom. The molecular weight excluding hydrogens is 422 g/mol. The number of fused-ring (bicyclic) bond motifs is 3. The van der Waals surface area contributed by atoms with E-state index in [0.29, 0.717) is 17.9 Å². The van der Waals surface area contributed by atoms with Gasteiger partial charge in [0, 0.05) is 38.1 Å². The first kappa shape index (κ1) is 21.0. The molecule has 4 aromatic carbocycles. The molecule has 0 saturated heterocycles. The van der Waals surface area contributed by atoms with E-state index < -0.39 is 0 Å². The maximum Gasteiger partial charge on any atom is 0.0388 e. The van der Waals surface area contributed by atoms with Gasteiger partial charge >= 0.3 is 0 Å². The molecule has 0 spiro atoms. The number of benzene rings is 4. The summed E-state index contributed by atoms with van der Waals surface area (Å²) in [6.07, 6.45) is 3.70. The van der Waals surface area contributed by atoms with Crippen LogP contribution in [-0.4, -0.2) is 0 Å². The van der Waals surface area contributed by atoms with E-state index in [4.69, 9.17) is 17.2 Å². The van der Waals surface area contributed by atoms with Crippen LogP contribution in [0.4, 0.5) is 0 Å². The lowest BCUT2D eigenvalue weighted by molar-refractivity contribution is 1.08. The van der Waals surface area contributed by atoms with Crippen LogP contribution in [0.2, 0.25) is 0 Å². The Kier molecular flexibility index (Phi) is 5.69. The summed E-state index contributed by atoms with van der Waals surface area (Å²) in [5, 5.41) is 2.56. The third-order valence-corrected chi connectivity index (χ3v) is 7.03. The number of thiophene rings is 1. The van der Waals surface area contributed by atoms with Crippen LogP contribution in [0.15, 0.2) is 103 Å². The van der Waals surface area contributed by atoms with Crippen LogP contribution in [-0.2, 0) is 6.54 Å². The largest absolute Gasteiger partial charge is 0.398 e. The molecule has 33 heavy (non-hydrogen) atoms. The summed E-state index contributed by atoms with van der Waals surface area (Å²) in [5.74, 6) is 0. The van der Waals surface area contributed by atoms with Crippen molar-refractivity contribution in [2.24, 2.45) is 17.2 Å². The van der Waals surface area contributed by atoms with E-state index in [2.05, 4.69) is 48.5 Å². The van der Waals surface area contributed by atoms with Gasteiger partial charge in [-0.1, -0.05) is 72.8 Å². The van der Waals surface area contributed by atoms with Gasteiger partial charge in [0.15, 0.2) is 0 Å². The van der Waals surface area contributed by atoms with Crippen LogP contribution in [0.3, 0.4) is 0 Å². The molecule has 6 N–H and O–H groups in total. The number of nitrogens with two attached hydrogens (primary N) is 3. The van der Waals surface area contributed by atoms with E-state index in [1.54, 1.807) is 0 Å². The molecule has 0 aliphatic rings. The first-order chi connectivity index (χ1) is 16.1. The fourth-order valence-corrected chi connectivity index (χ4v) is 5.23. The minimum Gasteiger partial charge on any atom is -0.398 e. The van der Waals surface area contributed by atoms with Crippen molar-refractivity contribution in [2.75, 3.05) is 0 Å². The molecule has 0 unspecified atom stereocenters. The van der Waals surface area contributed by atoms with Crippen molar-refractivity contribution in [3.8, 4) is 11.1 Å². The Hall–Kier alpha value is -3.86. The predicted octanol–water partition coefficient (Wildman–Crippen LogP) is 6.48. The van der Waals surface area contributed by atoms with Crippen molar-refractivity contribution in [1.82, 2.24) is 0 Å². The zero-order chi connectivity index (χ0) is 22.8. The van der Waals surface area contributed by atoms with Crippen molar-refractivity contribution >= 4 is 42.9 Å². The SMILES string of the molecule is NCc1cc2c(cc1-c1ccc(/C(N)=C/C=C(\N)c3ccccc3)cc1)sc1ccccc12. The second kappa shape index (κ2) is 8.94. The lowest BCUT2D eigenvalue weighted by Crippen LogP contribution is -2.00. The van der Waals surface area contributed by atoms with Gasteiger partial charge in [-0.25, -0.2) is 0 Å². The van der Waals surface area contributed by atoms with Crippen molar-refractivity contribution in [3.63, 3.8) is 0 Å². The average molecular weight is 448 g/mol. The maximum atomic E-state index is 6.33. The second-order valence-corrected chi connectivity index (χ2v) is 9.08. The van der Waals surface area contributed by atoms with Crippen LogP contribution < -0.4 is 17.2 Å². The molecule has 0 aliphatic heterocycles. The topological polar surface area (TPSA) is 78.1 Å². The summed E-state index contributed by atoms with van der Waals surface area (Å²) in [5.41, 5.74) is 25.4.